The van der Waals surface area contributed by atoms with E-state index in [1.807, 2.05) is 0 Å². The van der Waals surface area contributed by atoms with E-state index in [2.05, 4.69) is 60.7 Å². The van der Waals surface area contributed by atoms with Crippen LogP contribution < -0.4 is 9.80 Å². The maximum Gasteiger partial charge on any atom is 0.127 e. The number of likely N-dealkylation sites (N-methyl/N-ethyl adjacent to an activating group) is 1. The summed E-state index contributed by atoms with van der Waals surface area (Å²) in [5.74, 6) is 0.492. The number of rotatable bonds is 2. The Morgan fingerprint density at radius 1 is 0.870 bits per heavy atom. The molecule has 0 amide bonds. The van der Waals surface area contributed by atoms with Gasteiger partial charge < -0.3 is 14.9 Å². The molecule has 23 heavy (non-hydrogen) atoms. The van der Waals surface area contributed by atoms with Crippen LogP contribution in [0, 0.1) is 0 Å². The Kier molecular flexibility index (Phi) is 5.12. The quantitative estimate of drug-likeness (QED) is 0.743. The molecular weight excluding hydrogens is 284 g/mol. The summed E-state index contributed by atoms with van der Waals surface area (Å²) in [6, 6.07) is 4.48. The summed E-state index contributed by atoms with van der Waals surface area (Å²) in [6.07, 6.45) is 0. The summed E-state index contributed by atoms with van der Waals surface area (Å²) in [7, 11) is 2.28. The standard InChI is InChI=1S/C20H34N2O/c1-19(2,3)16-12-15(13-17(18(16)23)20(4,5)6)14-22-10-8-21(7)9-11-22/h12-13,23H,8-11,14H2,1-7H3/p+2. The summed E-state index contributed by atoms with van der Waals surface area (Å²) >= 11 is 0. The number of hydrogen-bond acceptors (Lipinski definition) is 1. The van der Waals surface area contributed by atoms with Crippen LogP contribution in [-0.4, -0.2) is 38.3 Å². The Labute approximate surface area is 142 Å². The highest BCUT2D eigenvalue weighted by molar-refractivity contribution is 5.49. The maximum absolute atomic E-state index is 10.8. The highest BCUT2D eigenvalue weighted by Crippen LogP contribution is 2.39. The molecule has 0 aliphatic carbocycles. The fourth-order valence-electron chi connectivity index (χ4n) is 3.44. The van der Waals surface area contributed by atoms with E-state index >= 15 is 0 Å². The van der Waals surface area contributed by atoms with Crippen molar-refractivity contribution in [2.45, 2.75) is 58.9 Å². The first-order valence-corrected chi connectivity index (χ1v) is 9.00. The number of benzene rings is 1. The van der Waals surface area contributed by atoms with E-state index in [0.717, 1.165) is 17.7 Å². The van der Waals surface area contributed by atoms with Gasteiger partial charge in [-0.3, -0.25) is 0 Å². The average molecular weight is 321 g/mol. The van der Waals surface area contributed by atoms with Crippen LogP contribution in [0.2, 0.25) is 0 Å². The first kappa shape index (κ1) is 18.3. The zero-order chi connectivity index (χ0) is 17.4. The van der Waals surface area contributed by atoms with Gasteiger partial charge in [-0.05, 0) is 23.0 Å². The number of aromatic hydroxyl groups is 1. The van der Waals surface area contributed by atoms with Crippen LogP contribution in [0.4, 0.5) is 0 Å². The molecule has 2 rings (SSSR count). The van der Waals surface area contributed by atoms with Gasteiger partial charge in [-0.1, -0.05) is 41.5 Å². The smallest absolute Gasteiger partial charge is 0.127 e. The zero-order valence-electron chi connectivity index (χ0n) is 16.1. The predicted octanol–water partition coefficient (Wildman–Crippen LogP) is 0.900. The van der Waals surface area contributed by atoms with E-state index in [1.165, 1.54) is 31.7 Å². The second-order valence-electron chi connectivity index (χ2n) is 9.42. The van der Waals surface area contributed by atoms with Crippen molar-refractivity contribution < 1.29 is 14.9 Å². The van der Waals surface area contributed by atoms with Crippen LogP contribution in [0.15, 0.2) is 12.1 Å². The Bertz CT molecular complexity index is 509. The number of hydrogen-bond donors (Lipinski definition) is 3. The van der Waals surface area contributed by atoms with Crippen LogP contribution in [0.1, 0.15) is 58.2 Å². The molecule has 0 aromatic heterocycles. The Morgan fingerprint density at radius 2 is 1.30 bits per heavy atom. The molecule has 1 aliphatic heterocycles. The van der Waals surface area contributed by atoms with Gasteiger partial charge in [0.05, 0.1) is 7.05 Å². The lowest BCUT2D eigenvalue weighted by Crippen LogP contribution is -3.26. The van der Waals surface area contributed by atoms with Crippen LogP contribution in [0.5, 0.6) is 5.75 Å². The summed E-state index contributed by atoms with van der Waals surface area (Å²) in [5.41, 5.74) is 3.45. The van der Waals surface area contributed by atoms with E-state index in [0.29, 0.717) is 5.75 Å². The van der Waals surface area contributed by atoms with Gasteiger partial charge in [0, 0.05) is 16.7 Å². The lowest BCUT2D eigenvalue weighted by molar-refractivity contribution is -1.01. The molecule has 0 bridgehead atoms. The van der Waals surface area contributed by atoms with Crippen molar-refractivity contribution in [1.82, 2.24) is 0 Å². The molecule has 1 aromatic rings. The number of phenols is 1. The monoisotopic (exact) mass is 320 g/mol. The molecule has 130 valence electrons. The summed E-state index contributed by atoms with van der Waals surface area (Å²) in [4.78, 5) is 3.31. The zero-order valence-corrected chi connectivity index (χ0v) is 16.1. The molecule has 3 heteroatoms. The number of phenolic OH excluding ortho intramolecular Hbond substituents is 1. The molecule has 1 saturated heterocycles. The fraction of sp³-hybridized carbons (Fsp3) is 0.700. The molecular formula is C20H36N2O+2. The molecule has 1 aliphatic rings. The molecule has 0 saturated carbocycles. The highest BCUT2D eigenvalue weighted by atomic mass is 16.3. The third-order valence-corrected chi connectivity index (χ3v) is 5.05. The van der Waals surface area contributed by atoms with Gasteiger partial charge in [0.2, 0.25) is 0 Å². The molecule has 1 heterocycles. The largest absolute Gasteiger partial charge is 0.507 e. The SMILES string of the molecule is C[NH+]1CC[NH+](Cc2cc(C(C)(C)C)c(O)c(C(C)(C)C)c2)CC1. The highest BCUT2D eigenvalue weighted by Gasteiger charge is 2.28. The molecule has 1 aromatic carbocycles. The van der Waals surface area contributed by atoms with E-state index in [9.17, 15) is 5.11 Å². The van der Waals surface area contributed by atoms with Crippen LogP contribution in [0.25, 0.3) is 0 Å². The molecule has 0 radical (unpaired) electrons. The number of piperazine rings is 1. The van der Waals surface area contributed by atoms with Crippen LogP contribution in [0.3, 0.4) is 0 Å². The topological polar surface area (TPSA) is 29.1 Å². The third kappa shape index (κ3) is 4.48. The van der Waals surface area contributed by atoms with Gasteiger partial charge in [0.1, 0.15) is 38.5 Å². The van der Waals surface area contributed by atoms with Crippen LogP contribution >= 0.6 is 0 Å². The van der Waals surface area contributed by atoms with E-state index in [1.54, 1.807) is 9.80 Å². The van der Waals surface area contributed by atoms with Gasteiger partial charge in [0.25, 0.3) is 0 Å². The molecule has 0 atom stereocenters. The van der Waals surface area contributed by atoms with E-state index in [-0.39, 0.29) is 10.8 Å². The normalized spacial score (nSPS) is 23.1. The molecule has 0 unspecified atom stereocenters. The molecule has 0 spiro atoms. The van der Waals surface area contributed by atoms with Gasteiger partial charge >= 0.3 is 0 Å². The van der Waals surface area contributed by atoms with E-state index < -0.39 is 0 Å². The number of nitrogens with one attached hydrogen (secondary N) is 2. The minimum atomic E-state index is -0.0400. The molecule has 1 fully saturated rings. The van der Waals surface area contributed by atoms with Crippen molar-refractivity contribution in [3.05, 3.63) is 28.8 Å². The second kappa shape index (κ2) is 6.45. The summed E-state index contributed by atoms with van der Waals surface area (Å²) in [6.45, 7) is 19.2. The second-order valence-corrected chi connectivity index (χ2v) is 9.42. The minimum Gasteiger partial charge on any atom is -0.507 e. The van der Waals surface area contributed by atoms with Crippen molar-refractivity contribution in [3.63, 3.8) is 0 Å². The molecule has 3 N–H and O–H groups in total. The van der Waals surface area contributed by atoms with Gasteiger partial charge in [-0.15, -0.1) is 0 Å². The summed E-state index contributed by atoms with van der Waals surface area (Å²) in [5, 5.41) is 10.8. The van der Waals surface area contributed by atoms with Crippen molar-refractivity contribution in [2.24, 2.45) is 0 Å². The Balaban J connectivity index is 2.36. The predicted molar refractivity (Wildman–Crippen MR) is 96.5 cm³/mol. The first-order valence-electron chi connectivity index (χ1n) is 9.00. The van der Waals surface area contributed by atoms with Crippen molar-refractivity contribution in [3.8, 4) is 5.75 Å². The van der Waals surface area contributed by atoms with Crippen molar-refractivity contribution in [2.75, 3.05) is 33.2 Å². The average Bonchev–Trinajstić information content (AvgIpc) is 2.40. The minimum absolute atomic E-state index is 0.0400. The van der Waals surface area contributed by atoms with E-state index in [4.69, 9.17) is 0 Å². The van der Waals surface area contributed by atoms with Crippen molar-refractivity contribution >= 4 is 0 Å². The number of quaternary nitrogens is 2. The summed E-state index contributed by atoms with van der Waals surface area (Å²) < 4.78 is 0. The van der Waals surface area contributed by atoms with Gasteiger partial charge in [-0.2, -0.15) is 0 Å². The maximum atomic E-state index is 10.8. The van der Waals surface area contributed by atoms with Crippen molar-refractivity contribution in [1.29, 1.82) is 0 Å². The lowest BCUT2D eigenvalue weighted by atomic mass is 9.78. The lowest BCUT2D eigenvalue weighted by Gasteiger charge is -2.30. The third-order valence-electron chi connectivity index (χ3n) is 5.05. The van der Waals surface area contributed by atoms with Crippen LogP contribution in [-0.2, 0) is 17.4 Å². The van der Waals surface area contributed by atoms with Gasteiger partial charge in [-0.25, -0.2) is 0 Å². The Hall–Kier alpha value is -1.06. The Morgan fingerprint density at radius 3 is 1.70 bits per heavy atom. The first-order chi connectivity index (χ1) is 10.5. The fourth-order valence-corrected chi connectivity index (χ4v) is 3.44. The van der Waals surface area contributed by atoms with Gasteiger partial charge in [0.15, 0.2) is 0 Å². The molecule has 3 nitrogen and oxygen atoms in total.